The van der Waals surface area contributed by atoms with Crippen molar-refractivity contribution in [2.45, 2.75) is 51.9 Å². The van der Waals surface area contributed by atoms with Crippen molar-refractivity contribution in [2.75, 3.05) is 4.90 Å². The van der Waals surface area contributed by atoms with Gasteiger partial charge in [-0.1, -0.05) is 31.4 Å². The first-order valence-electron chi connectivity index (χ1n) is 7.52. The lowest BCUT2D eigenvalue weighted by Crippen LogP contribution is -2.48. The Morgan fingerprint density at radius 1 is 1.00 bits per heavy atom. The van der Waals surface area contributed by atoms with Crippen molar-refractivity contribution in [3.63, 3.8) is 0 Å². The molecule has 1 saturated carbocycles. The second-order valence-corrected chi connectivity index (χ2v) is 6.38. The summed E-state index contributed by atoms with van der Waals surface area (Å²) in [7, 11) is 0. The maximum atomic E-state index is 12.5. The van der Waals surface area contributed by atoms with Crippen molar-refractivity contribution < 1.29 is 9.59 Å². The van der Waals surface area contributed by atoms with E-state index in [9.17, 15) is 9.59 Å². The molecule has 0 unspecified atom stereocenters. The molecule has 2 aliphatic rings. The van der Waals surface area contributed by atoms with Crippen molar-refractivity contribution in [1.29, 1.82) is 0 Å². The Kier molecular flexibility index (Phi) is 3.36. The highest BCUT2D eigenvalue weighted by Crippen LogP contribution is 2.46. The highest BCUT2D eigenvalue weighted by Gasteiger charge is 2.44. The molecule has 20 heavy (non-hydrogen) atoms. The number of amides is 2. The molecule has 2 fully saturated rings. The molecule has 0 aromatic heterocycles. The number of hydrogen-bond donors (Lipinski definition) is 0. The molecule has 1 aromatic rings. The Morgan fingerprint density at radius 2 is 1.65 bits per heavy atom. The fourth-order valence-corrected chi connectivity index (χ4v) is 3.71. The number of anilines is 1. The molecule has 1 aromatic carbocycles. The van der Waals surface area contributed by atoms with Gasteiger partial charge in [0.25, 0.3) is 0 Å². The number of nitrogens with zero attached hydrogens (tertiary/aromatic N) is 1. The van der Waals surface area contributed by atoms with Crippen LogP contribution in [0.15, 0.2) is 24.3 Å². The van der Waals surface area contributed by atoms with E-state index in [2.05, 4.69) is 0 Å². The lowest BCUT2D eigenvalue weighted by Gasteiger charge is -2.42. The third-order valence-electron chi connectivity index (χ3n) is 4.73. The van der Waals surface area contributed by atoms with E-state index in [4.69, 9.17) is 0 Å². The Labute approximate surface area is 120 Å². The van der Waals surface area contributed by atoms with Crippen LogP contribution in [0.5, 0.6) is 0 Å². The molecule has 1 aliphatic carbocycles. The highest BCUT2D eigenvalue weighted by molar-refractivity contribution is 6.17. The van der Waals surface area contributed by atoms with E-state index >= 15 is 0 Å². The second kappa shape index (κ2) is 5.04. The molecule has 3 heteroatoms. The van der Waals surface area contributed by atoms with Crippen LogP contribution >= 0.6 is 0 Å². The van der Waals surface area contributed by atoms with Gasteiger partial charge < -0.3 is 0 Å². The molecule has 2 amide bonds. The van der Waals surface area contributed by atoms with Crippen LogP contribution in [0.3, 0.4) is 0 Å². The van der Waals surface area contributed by atoms with E-state index in [1.54, 1.807) is 0 Å². The van der Waals surface area contributed by atoms with Gasteiger partial charge in [0.05, 0.1) is 5.69 Å². The summed E-state index contributed by atoms with van der Waals surface area (Å²) in [5.74, 6) is -0.0394. The largest absolute Gasteiger partial charge is 0.274 e. The number of aryl methyl sites for hydroxylation is 1. The predicted octanol–water partition coefficient (Wildman–Crippen LogP) is 3.60. The van der Waals surface area contributed by atoms with Gasteiger partial charge in [-0.3, -0.25) is 14.5 Å². The predicted molar refractivity (Wildman–Crippen MR) is 78.4 cm³/mol. The van der Waals surface area contributed by atoms with E-state index in [1.165, 1.54) is 11.3 Å². The number of hydrogen-bond acceptors (Lipinski definition) is 2. The minimum absolute atomic E-state index is 0.0197. The maximum absolute atomic E-state index is 12.5. The summed E-state index contributed by atoms with van der Waals surface area (Å²) in [5, 5.41) is 0. The Bertz CT molecular complexity index is 524. The molecule has 106 valence electrons. The molecule has 0 atom stereocenters. The van der Waals surface area contributed by atoms with E-state index < -0.39 is 0 Å². The lowest BCUT2D eigenvalue weighted by atomic mass is 9.67. The summed E-state index contributed by atoms with van der Waals surface area (Å²) < 4.78 is 0. The Morgan fingerprint density at radius 3 is 2.25 bits per heavy atom. The highest BCUT2D eigenvalue weighted by atomic mass is 16.2. The Balaban J connectivity index is 1.86. The van der Waals surface area contributed by atoms with Crippen LogP contribution in [0.1, 0.15) is 50.5 Å². The average molecular weight is 271 g/mol. The minimum atomic E-state index is -0.0350. The SMILES string of the molecule is Cc1cccc(N2C(=O)CC3(CCCCC3)CC2=O)c1. The van der Waals surface area contributed by atoms with Crippen LogP contribution < -0.4 is 4.90 Å². The molecule has 1 saturated heterocycles. The molecule has 0 bridgehead atoms. The molecular formula is C17H21NO2. The zero-order valence-corrected chi connectivity index (χ0v) is 12.0. The van der Waals surface area contributed by atoms with Gasteiger partial charge in [-0.05, 0) is 42.9 Å². The summed E-state index contributed by atoms with van der Waals surface area (Å²) in [4.78, 5) is 26.4. The van der Waals surface area contributed by atoms with Gasteiger partial charge in [0.15, 0.2) is 0 Å². The van der Waals surface area contributed by atoms with Crippen molar-refractivity contribution in [3.8, 4) is 0 Å². The van der Waals surface area contributed by atoms with Crippen LogP contribution in [0.25, 0.3) is 0 Å². The molecule has 1 aliphatic heterocycles. The first-order chi connectivity index (χ1) is 9.60. The first kappa shape index (κ1) is 13.3. The molecule has 3 rings (SSSR count). The normalized spacial score (nSPS) is 22.4. The molecule has 1 spiro atoms. The number of carbonyl (C=O) groups is 2. The minimum Gasteiger partial charge on any atom is -0.274 e. The fraction of sp³-hybridized carbons (Fsp3) is 0.529. The maximum Gasteiger partial charge on any atom is 0.234 e. The molecule has 0 N–H and O–H groups in total. The van der Waals surface area contributed by atoms with Crippen molar-refractivity contribution in [1.82, 2.24) is 0 Å². The fourth-order valence-electron chi connectivity index (χ4n) is 3.71. The third-order valence-corrected chi connectivity index (χ3v) is 4.73. The lowest BCUT2D eigenvalue weighted by molar-refractivity contribution is -0.134. The van der Waals surface area contributed by atoms with E-state index in [0.717, 1.165) is 36.9 Å². The third kappa shape index (κ3) is 2.37. The van der Waals surface area contributed by atoms with Gasteiger partial charge >= 0.3 is 0 Å². The first-order valence-corrected chi connectivity index (χ1v) is 7.52. The summed E-state index contributed by atoms with van der Waals surface area (Å²) >= 11 is 0. The standard InChI is InChI=1S/C17H21NO2/c1-13-6-5-7-14(10-13)18-15(19)11-17(12-16(18)20)8-3-2-4-9-17/h5-7,10H,2-4,8-9,11-12H2,1H3. The molecule has 1 heterocycles. The van der Waals surface area contributed by atoms with Gasteiger partial charge in [-0.2, -0.15) is 0 Å². The van der Waals surface area contributed by atoms with Crippen molar-refractivity contribution in [3.05, 3.63) is 29.8 Å². The molecular weight excluding hydrogens is 250 g/mol. The molecule has 0 radical (unpaired) electrons. The number of carbonyl (C=O) groups excluding carboxylic acids is 2. The number of imide groups is 1. The summed E-state index contributed by atoms with van der Waals surface area (Å²) in [6, 6.07) is 7.64. The van der Waals surface area contributed by atoms with Crippen molar-refractivity contribution in [2.24, 2.45) is 5.41 Å². The van der Waals surface area contributed by atoms with E-state index in [1.807, 2.05) is 31.2 Å². The quantitative estimate of drug-likeness (QED) is 0.732. The van der Waals surface area contributed by atoms with Gasteiger partial charge in [0.1, 0.15) is 0 Å². The molecule has 3 nitrogen and oxygen atoms in total. The smallest absolute Gasteiger partial charge is 0.234 e. The van der Waals surface area contributed by atoms with E-state index in [-0.39, 0.29) is 17.2 Å². The van der Waals surface area contributed by atoms with Crippen LogP contribution in [0.4, 0.5) is 5.69 Å². The van der Waals surface area contributed by atoms with E-state index in [0.29, 0.717) is 12.8 Å². The van der Waals surface area contributed by atoms with Crippen molar-refractivity contribution >= 4 is 17.5 Å². The van der Waals surface area contributed by atoms with Gasteiger partial charge in [-0.15, -0.1) is 0 Å². The second-order valence-electron chi connectivity index (χ2n) is 6.38. The Hall–Kier alpha value is -1.64. The van der Waals surface area contributed by atoms with Gasteiger partial charge in [-0.25, -0.2) is 0 Å². The zero-order chi connectivity index (χ0) is 14.2. The number of benzene rings is 1. The van der Waals surface area contributed by atoms with Crippen LogP contribution in [0, 0.1) is 12.3 Å². The summed E-state index contributed by atoms with van der Waals surface area (Å²) in [5.41, 5.74) is 1.76. The summed E-state index contributed by atoms with van der Waals surface area (Å²) in [6.45, 7) is 1.98. The zero-order valence-electron chi connectivity index (χ0n) is 12.0. The summed E-state index contributed by atoms with van der Waals surface area (Å²) in [6.07, 6.45) is 6.69. The monoisotopic (exact) mass is 271 g/mol. The number of piperidine rings is 1. The van der Waals surface area contributed by atoms with Crippen LogP contribution in [0.2, 0.25) is 0 Å². The average Bonchev–Trinajstić information content (AvgIpc) is 2.38. The van der Waals surface area contributed by atoms with Crippen LogP contribution in [-0.2, 0) is 9.59 Å². The van der Waals surface area contributed by atoms with Gasteiger partial charge in [0, 0.05) is 12.8 Å². The van der Waals surface area contributed by atoms with Gasteiger partial charge in [0.2, 0.25) is 11.8 Å². The number of rotatable bonds is 1. The van der Waals surface area contributed by atoms with Crippen LogP contribution in [-0.4, -0.2) is 11.8 Å². The topological polar surface area (TPSA) is 37.4 Å².